The normalized spacial score (nSPS) is 13.6. The Kier molecular flexibility index (Phi) is 5.04. The molecule has 0 heterocycles. The van der Waals surface area contributed by atoms with Crippen molar-refractivity contribution in [2.75, 3.05) is 6.54 Å². The summed E-state index contributed by atoms with van der Waals surface area (Å²) in [5.41, 5.74) is 0.674. The summed E-state index contributed by atoms with van der Waals surface area (Å²) in [5.74, 6) is -4.13. The second kappa shape index (κ2) is 6.17. The molecule has 1 atom stereocenters. The van der Waals surface area contributed by atoms with Crippen LogP contribution in [0.2, 0.25) is 0 Å². The number of nitro benzene ring substituents is 1. The van der Waals surface area contributed by atoms with Crippen molar-refractivity contribution in [3.8, 4) is 0 Å². The van der Waals surface area contributed by atoms with Gasteiger partial charge in [0.05, 0.1) is 11.5 Å². The van der Waals surface area contributed by atoms with Crippen LogP contribution in [0.1, 0.15) is 24.1 Å². The first-order valence-corrected chi connectivity index (χ1v) is 5.79. The number of halogens is 4. The van der Waals surface area contributed by atoms with E-state index >= 15 is 0 Å². The van der Waals surface area contributed by atoms with Gasteiger partial charge in [0.25, 0.3) is 5.69 Å². The van der Waals surface area contributed by atoms with Crippen molar-refractivity contribution in [2.45, 2.75) is 32.2 Å². The van der Waals surface area contributed by atoms with Crippen molar-refractivity contribution in [3.05, 3.63) is 39.4 Å². The Bertz CT molecular complexity index is 494. The average Bonchev–Trinajstić information content (AvgIpc) is 2.36. The van der Waals surface area contributed by atoms with Gasteiger partial charge in [-0.1, -0.05) is 12.1 Å². The lowest BCUT2D eigenvalue weighted by Crippen LogP contribution is -2.39. The van der Waals surface area contributed by atoms with E-state index in [1.54, 1.807) is 6.92 Å². The lowest BCUT2D eigenvalue weighted by atomic mass is 10.0. The number of nitro groups is 1. The van der Waals surface area contributed by atoms with Crippen molar-refractivity contribution in [1.29, 1.82) is 0 Å². The smallest absolute Gasteiger partial charge is 0.304 e. The number of rotatable bonds is 6. The van der Waals surface area contributed by atoms with Gasteiger partial charge < -0.3 is 5.32 Å². The van der Waals surface area contributed by atoms with Gasteiger partial charge >= 0.3 is 12.3 Å². The van der Waals surface area contributed by atoms with E-state index in [1.165, 1.54) is 25.1 Å². The molecule has 0 aromatic heterocycles. The number of nitrogens with one attached hydrogen (secondary N) is 1. The summed E-state index contributed by atoms with van der Waals surface area (Å²) in [6, 6.07) is 3.55. The van der Waals surface area contributed by atoms with Gasteiger partial charge in [-0.3, -0.25) is 10.1 Å². The van der Waals surface area contributed by atoms with Crippen molar-refractivity contribution < 1.29 is 22.5 Å². The van der Waals surface area contributed by atoms with Gasteiger partial charge in [-0.05, 0) is 19.4 Å². The first kappa shape index (κ1) is 16.4. The van der Waals surface area contributed by atoms with Crippen LogP contribution in [0.25, 0.3) is 0 Å². The number of hydrogen-bond acceptors (Lipinski definition) is 3. The van der Waals surface area contributed by atoms with Gasteiger partial charge in [-0.2, -0.15) is 8.78 Å². The molecule has 0 spiro atoms. The third-order valence-corrected chi connectivity index (χ3v) is 2.89. The number of benzene rings is 1. The van der Waals surface area contributed by atoms with E-state index in [2.05, 4.69) is 5.32 Å². The summed E-state index contributed by atoms with van der Waals surface area (Å²) >= 11 is 0. The highest BCUT2D eigenvalue weighted by Crippen LogP contribution is 2.25. The number of nitrogens with zero attached hydrogens (tertiary/aromatic N) is 1. The molecular formula is C12H14F4N2O2. The lowest BCUT2D eigenvalue weighted by Gasteiger charge is -2.20. The third-order valence-electron chi connectivity index (χ3n) is 2.89. The maximum absolute atomic E-state index is 12.8. The van der Waals surface area contributed by atoms with Crippen LogP contribution in [0.15, 0.2) is 18.2 Å². The van der Waals surface area contributed by atoms with E-state index in [4.69, 9.17) is 0 Å². The third kappa shape index (κ3) is 3.89. The van der Waals surface area contributed by atoms with Gasteiger partial charge in [0, 0.05) is 17.7 Å². The Balaban J connectivity index is 2.81. The summed E-state index contributed by atoms with van der Waals surface area (Å²) in [7, 11) is 0. The van der Waals surface area contributed by atoms with Crippen molar-refractivity contribution in [3.63, 3.8) is 0 Å². The second-order valence-electron chi connectivity index (χ2n) is 4.47. The Morgan fingerprint density at radius 3 is 2.50 bits per heavy atom. The molecule has 4 nitrogen and oxygen atoms in total. The monoisotopic (exact) mass is 294 g/mol. The second-order valence-corrected chi connectivity index (χ2v) is 4.47. The molecule has 8 heteroatoms. The molecule has 1 rings (SSSR count). The molecule has 1 aromatic carbocycles. The summed E-state index contributed by atoms with van der Waals surface area (Å²) in [4.78, 5) is 10.2. The molecule has 0 saturated carbocycles. The maximum Gasteiger partial charge on any atom is 0.319 e. The van der Waals surface area contributed by atoms with Crippen LogP contribution in [0.3, 0.4) is 0 Å². The molecule has 1 aromatic rings. The zero-order valence-corrected chi connectivity index (χ0v) is 10.9. The first-order valence-electron chi connectivity index (χ1n) is 5.79. The van der Waals surface area contributed by atoms with Crippen LogP contribution >= 0.6 is 0 Å². The standard InChI is InChI=1S/C12H14F4N2O2/c1-7-3-4-9(5-10(7)18(19)20)8(2)17-6-12(15,16)11(13)14/h3-5,8,11,17H,6H2,1-2H3. The van der Waals surface area contributed by atoms with Crippen molar-refractivity contribution in [1.82, 2.24) is 5.32 Å². The Labute approximate surface area is 112 Å². The summed E-state index contributed by atoms with van der Waals surface area (Å²) in [6.45, 7) is 1.81. The molecule has 0 radical (unpaired) electrons. The van der Waals surface area contributed by atoms with Crippen LogP contribution in [-0.4, -0.2) is 23.8 Å². The fourth-order valence-corrected chi connectivity index (χ4v) is 1.58. The number of aryl methyl sites for hydroxylation is 1. The van der Waals surface area contributed by atoms with Crippen molar-refractivity contribution >= 4 is 5.69 Å². The van der Waals surface area contributed by atoms with Crippen LogP contribution in [0, 0.1) is 17.0 Å². The highest BCUT2D eigenvalue weighted by Gasteiger charge is 2.40. The van der Waals surface area contributed by atoms with E-state index < -0.39 is 29.9 Å². The number of hydrogen-bond donors (Lipinski definition) is 1. The minimum atomic E-state index is -4.13. The number of alkyl halides is 4. The van der Waals surface area contributed by atoms with Crippen molar-refractivity contribution in [2.24, 2.45) is 0 Å². The topological polar surface area (TPSA) is 55.2 Å². The Hall–Kier alpha value is -1.70. The quantitative estimate of drug-likeness (QED) is 0.496. The van der Waals surface area contributed by atoms with Gasteiger partial charge in [0.1, 0.15) is 0 Å². The van der Waals surface area contributed by atoms with E-state index in [1.807, 2.05) is 0 Å². The van der Waals surface area contributed by atoms with Crippen LogP contribution in [-0.2, 0) is 0 Å². The van der Waals surface area contributed by atoms with Gasteiger partial charge in [-0.25, -0.2) is 8.78 Å². The zero-order valence-electron chi connectivity index (χ0n) is 10.9. The van der Waals surface area contributed by atoms with Gasteiger partial charge in [0.15, 0.2) is 0 Å². The van der Waals surface area contributed by atoms with Gasteiger partial charge in [0.2, 0.25) is 0 Å². The molecular weight excluding hydrogens is 280 g/mol. The summed E-state index contributed by atoms with van der Waals surface area (Å²) in [5, 5.41) is 13.0. The Morgan fingerprint density at radius 2 is 2.00 bits per heavy atom. The molecule has 0 aliphatic rings. The molecule has 0 aliphatic carbocycles. The molecule has 1 N–H and O–H groups in total. The largest absolute Gasteiger partial charge is 0.319 e. The van der Waals surface area contributed by atoms with Crippen LogP contribution in [0.4, 0.5) is 23.2 Å². The first-order chi connectivity index (χ1) is 9.15. The van der Waals surface area contributed by atoms with Crippen LogP contribution < -0.4 is 5.32 Å². The lowest BCUT2D eigenvalue weighted by molar-refractivity contribution is -0.385. The predicted molar refractivity (Wildman–Crippen MR) is 65.2 cm³/mol. The fourth-order valence-electron chi connectivity index (χ4n) is 1.58. The van der Waals surface area contributed by atoms with E-state index in [0.29, 0.717) is 11.1 Å². The predicted octanol–water partition coefficient (Wildman–Crippen LogP) is 3.45. The highest BCUT2D eigenvalue weighted by atomic mass is 19.3. The maximum atomic E-state index is 12.8. The minimum absolute atomic E-state index is 0.142. The highest BCUT2D eigenvalue weighted by molar-refractivity contribution is 5.43. The minimum Gasteiger partial charge on any atom is -0.304 e. The Morgan fingerprint density at radius 1 is 1.40 bits per heavy atom. The average molecular weight is 294 g/mol. The summed E-state index contributed by atoms with van der Waals surface area (Å²) < 4.78 is 49.6. The zero-order chi connectivity index (χ0) is 15.5. The SMILES string of the molecule is Cc1ccc(C(C)NCC(F)(F)C(F)F)cc1[N+](=O)[O-]. The molecule has 0 amide bonds. The molecule has 0 bridgehead atoms. The van der Waals surface area contributed by atoms with E-state index in [0.717, 1.165) is 0 Å². The van der Waals surface area contributed by atoms with Crippen LogP contribution in [0.5, 0.6) is 0 Å². The molecule has 1 unspecified atom stereocenters. The van der Waals surface area contributed by atoms with E-state index in [9.17, 15) is 27.7 Å². The fraction of sp³-hybridized carbons (Fsp3) is 0.500. The molecule has 112 valence electrons. The van der Waals surface area contributed by atoms with E-state index in [-0.39, 0.29) is 5.69 Å². The molecule has 0 fully saturated rings. The summed E-state index contributed by atoms with van der Waals surface area (Å²) in [6.07, 6.45) is -3.76. The molecule has 0 saturated heterocycles. The van der Waals surface area contributed by atoms with Gasteiger partial charge in [-0.15, -0.1) is 0 Å². The molecule has 20 heavy (non-hydrogen) atoms. The molecule has 0 aliphatic heterocycles.